The second-order valence-corrected chi connectivity index (χ2v) is 3.01. The van der Waals surface area contributed by atoms with Gasteiger partial charge in [0.25, 0.3) is 0 Å². The predicted octanol–water partition coefficient (Wildman–Crippen LogP) is 2.78. The fraction of sp³-hybridized carbons (Fsp3) is 0.667. The molecule has 0 bridgehead atoms. The van der Waals surface area contributed by atoms with E-state index in [2.05, 4.69) is 31.8 Å². The van der Waals surface area contributed by atoms with E-state index in [0.717, 1.165) is 12.8 Å². The van der Waals surface area contributed by atoms with Gasteiger partial charge in [-0.1, -0.05) is 26.8 Å². The van der Waals surface area contributed by atoms with Gasteiger partial charge in [0, 0.05) is 17.8 Å². The highest BCUT2D eigenvalue weighted by Crippen LogP contribution is 2.17. The van der Waals surface area contributed by atoms with Crippen molar-refractivity contribution in [2.24, 2.45) is 10.9 Å². The van der Waals surface area contributed by atoms with E-state index in [1.54, 1.807) is 0 Å². The minimum Gasteiger partial charge on any atom is -0.262 e. The molecule has 1 nitrogen and oxygen atoms in total. The molecule has 0 saturated carbocycles. The Labute approximate surface area is 62.9 Å². The lowest BCUT2D eigenvalue weighted by Gasteiger charge is -2.01. The van der Waals surface area contributed by atoms with E-state index in [-0.39, 0.29) is 0 Å². The largest absolute Gasteiger partial charge is 0.262 e. The van der Waals surface area contributed by atoms with Crippen LogP contribution < -0.4 is 0 Å². The van der Waals surface area contributed by atoms with Gasteiger partial charge >= 0.3 is 0 Å². The van der Waals surface area contributed by atoms with Gasteiger partial charge in [0.2, 0.25) is 0 Å². The smallest absolute Gasteiger partial charge is 0.0364 e. The van der Waals surface area contributed by atoms with Crippen molar-refractivity contribution in [3.05, 3.63) is 11.8 Å². The van der Waals surface area contributed by atoms with Crippen molar-refractivity contribution in [3.8, 4) is 0 Å². The third-order valence-corrected chi connectivity index (χ3v) is 1.86. The molecule has 1 aliphatic rings. The van der Waals surface area contributed by atoms with Gasteiger partial charge in [0.05, 0.1) is 0 Å². The number of rotatable bonds is 2. The zero-order chi connectivity index (χ0) is 7.56. The Hall–Kier alpha value is -0.590. The molecule has 10 heavy (non-hydrogen) atoms. The summed E-state index contributed by atoms with van der Waals surface area (Å²) in [5, 5.41) is 0. The van der Waals surface area contributed by atoms with Gasteiger partial charge in [-0.05, 0) is 12.3 Å². The van der Waals surface area contributed by atoms with Crippen LogP contribution in [0.15, 0.2) is 16.8 Å². The highest BCUT2D eigenvalue weighted by atomic mass is 14.8. The second-order valence-electron chi connectivity index (χ2n) is 3.01. The van der Waals surface area contributed by atoms with Gasteiger partial charge in [-0.25, -0.2) is 0 Å². The van der Waals surface area contributed by atoms with Crippen LogP contribution in [0.1, 0.15) is 33.6 Å². The minimum absolute atomic E-state index is 0.625. The van der Waals surface area contributed by atoms with Crippen LogP contribution in [0.3, 0.4) is 0 Å². The summed E-state index contributed by atoms with van der Waals surface area (Å²) in [5.41, 5.74) is 2.61. The first-order valence-corrected chi connectivity index (χ1v) is 4.00. The third-order valence-electron chi connectivity index (χ3n) is 1.86. The Morgan fingerprint density at radius 1 is 1.60 bits per heavy atom. The molecule has 1 rings (SSSR count). The molecule has 0 aliphatic carbocycles. The van der Waals surface area contributed by atoms with Gasteiger partial charge in [0.1, 0.15) is 0 Å². The van der Waals surface area contributed by atoms with Crippen molar-refractivity contribution in [2.75, 3.05) is 0 Å². The Bertz CT molecular complexity index is 175. The van der Waals surface area contributed by atoms with E-state index in [1.807, 2.05) is 0 Å². The molecule has 0 spiro atoms. The molecule has 1 aliphatic heterocycles. The summed E-state index contributed by atoms with van der Waals surface area (Å²) >= 11 is 0. The first-order chi connectivity index (χ1) is 4.74. The standard InChI is InChI=1S/C9H15N/c1-4-8-5-6-9(10-8)7(2)3/h5,7H,4,6H2,1-3H3. The van der Waals surface area contributed by atoms with Gasteiger partial charge < -0.3 is 0 Å². The maximum Gasteiger partial charge on any atom is 0.0364 e. The molecule has 1 heteroatoms. The monoisotopic (exact) mass is 137 g/mol. The zero-order valence-electron chi connectivity index (χ0n) is 7.02. The minimum atomic E-state index is 0.625. The van der Waals surface area contributed by atoms with Crippen molar-refractivity contribution < 1.29 is 0 Å². The van der Waals surface area contributed by atoms with E-state index < -0.39 is 0 Å². The summed E-state index contributed by atoms with van der Waals surface area (Å²) in [5.74, 6) is 0.625. The average molecular weight is 137 g/mol. The molecule has 0 saturated heterocycles. The number of hydrogen-bond acceptors (Lipinski definition) is 1. The Kier molecular flexibility index (Phi) is 2.25. The van der Waals surface area contributed by atoms with Crippen molar-refractivity contribution in [1.29, 1.82) is 0 Å². The molecule has 1 heterocycles. The Morgan fingerprint density at radius 3 is 2.60 bits per heavy atom. The molecule has 0 radical (unpaired) electrons. The molecule has 0 aromatic heterocycles. The molecule has 0 aromatic carbocycles. The first kappa shape index (κ1) is 7.52. The van der Waals surface area contributed by atoms with Crippen molar-refractivity contribution in [1.82, 2.24) is 0 Å². The number of allylic oxidation sites excluding steroid dienone is 2. The predicted molar refractivity (Wildman–Crippen MR) is 45.3 cm³/mol. The van der Waals surface area contributed by atoms with Crippen LogP contribution in [0.2, 0.25) is 0 Å². The second kappa shape index (κ2) is 3.00. The number of nitrogens with zero attached hydrogens (tertiary/aromatic N) is 1. The number of aliphatic imine (C=N–C) groups is 1. The molecule has 0 amide bonds. The van der Waals surface area contributed by atoms with E-state index in [0.29, 0.717) is 5.92 Å². The van der Waals surface area contributed by atoms with Crippen LogP contribution >= 0.6 is 0 Å². The lowest BCUT2D eigenvalue weighted by Crippen LogP contribution is -2.02. The average Bonchev–Trinajstić information content (AvgIpc) is 2.34. The van der Waals surface area contributed by atoms with Crippen molar-refractivity contribution >= 4 is 5.71 Å². The highest BCUT2D eigenvalue weighted by molar-refractivity contribution is 5.90. The molecular formula is C9H15N. The van der Waals surface area contributed by atoms with Crippen LogP contribution in [-0.2, 0) is 0 Å². The summed E-state index contributed by atoms with van der Waals surface area (Å²) < 4.78 is 0. The van der Waals surface area contributed by atoms with E-state index in [4.69, 9.17) is 0 Å². The molecular weight excluding hydrogens is 122 g/mol. The van der Waals surface area contributed by atoms with Gasteiger partial charge in [-0.3, -0.25) is 4.99 Å². The summed E-state index contributed by atoms with van der Waals surface area (Å²) in [6, 6.07) is 0. The van der Waals surface area contributed by atoms with Gasteiger partial charge in [-0.15, -0.1) is 0 Å². The summed E-state index contributed by atoms with van der Waals surface area (Å²) in [6.45, 7) is 6.55. The molecule has 56 valence electrons. The quantitative estimate of drug-likeness (QED) is 0.555. The van der Waals surface area contributed by atoms with Crippen LogP contribution in [0.4, 0.5) is 0 Å². The Morgan fingerprint density at radius 2 is 2.30 bits per heavy atom. The van der Waals surface area contributed by atoms with Crippen LogP contribution in [0.5, 0.6) is 0 Å². The molecule has 0 atom stereocenters. The van der Waals surface area contributed by atoms with Crippen LogP contribution in [0.25, 0.3) is 0 Å². The molecule has 0 N–H and O–H groups in total. The van der Waals surface area contributed by atoms with E-state index in [9.17, 15) is 0 Å². The van der Waals surface area contributed by atoms with Crippen LogP contribution in [0, 0.1) is 5.92 Å². The molecule has 0 unspecified atom stereocenters. The van der Waals surface area contributed by atoms with E-state index in [1.165, 1.54) is 11.4 Å². The van der Waals surface area contributed by atoms with Gasteiger partial charge in [-0.2, -0.15) is 0 Å². The van der Waals surface area contributed by atoms with Crippen molar-refractivity contribution in [3.63, 3.8) is 0 Å². The molecule has 0 fully saturated rings. The van der Waals surface area contributed by atoms with E-state index >= 15 is 0 Å². The molecule has 0 aromatic rings. The first-order valence-electron chi connectivity index (χ1n) is 4.00. The maximum absolute atomic E-state index is 4.48. The lowest BCUT2D eigenvalue weighted by molar-refractivity contribution is 0.870. The fourth-order valence-electron chi connectivity index (χ4n) is 1.09. The SMILES string of the molecule is CCC1=CCC(C(C)C)=N1. The van der Waals surface area contributed by atoms with Gasteiger partial charge in [0.15, 0.2) is 0 Å². The zero-order valence-corrected chi connectivity index (χ0v) is 7.02. The fourth-order valence-corrected chi connectivity index (χ4v) is 1.09. The normalized spacial score (nSPS) is 17.6. The summed E-state index contributed by atoms with van der Waals surface area (Å²) in [4.78, 5) is 4.48. The maximum atomic E-state index is 4.48. The lowest BCUT2D eigenvalue weighted by atomic mass is 10.1. The summed E-state index contributed by atoms with van der Waals surface area (Å²) in [7, 11) is 0. The summed E-state index contributed by atoms with van der Waals surface area (Å²) in [6.07, 6.45) is 4.40. The third kappa shape index (κ3) is 1.47. The number of hydrogen-bond donors (Lipinski definition) is 0. The highest BCUT2D eigenvalue weighted by Gasteiger charge is 2.09. The van der Waals surface area contributed by atoms with Crippen molar-refractivity contribution in [2.45, 2.75) is 33.6 Å². The topological polar surface area (TPSA) is 12.4 Å². The van der Waals surface area contributed by atoms with Crippen LogP contribution in [-0.4, -0.2) is 5.71 Å². The Balaban J connectivity index is 2.57.